The third kappa shape index (κ3) is 2.69. The number of aliphatic carboxylic acids is 1. The second-order valence-electron chi connectivity index (χ2n) is 3.73. The predicted molar refractivity (Wildman–Crippen MR) is 58.6 cm³/mol. The van der Waals surface area contributed by atoms with Crippen LogP contribution in [0, 0.1) is 23.4 Å². The fourth-order valence-electron chi connectivity index (χ4n) is 1.60. The minimum Gasteiger partial charge on any atom is -0.491 e. The van der Waals surface area contributed by atoms with E-state index in [1.54, 1.807) is 0 Å². The first kappa shape index (κ1) is 15.0. The Morgan fingerprint density at radius 1 is 1.32 bits per heavy atom. The van der Waals surface area contributed by atoms with Crippen LogP contribution in [0.4, 0.5) is 13.2 Å². The summed E-state index contributed by atoms with van der Waals surface area (Å²) in [6.45, 7) is 1.41. The van der Waals surface area contributed by atoms with E-state index in [0.717, 1.165) is 7.11 Å². The Hall–Kier alpha value is -2.05. The number of rotatable bonds is 5. The second kappa shape index (κ2) is 5.73. The van der Waals surface area contributed by atoms with Crippen molar-refractivity contribution in [1.82, 2.24) is 0 Å². The van der Waals surface area contributed by atoms with Gasteiger partial charge in [0.15, 0.2) is 23.2 Å². The molecular formula is C12H11F3O4. The zero-order valence-corrected chi connectivity index (χ0v) is 10.2. The molecule has 0 aromatic heterocycles. The van der Waals surface area contributed by atoms with Crippen molar-refractivity contribution in [2.45, 2.75) is 13.3 Å². The molecule has 7 heteroatoms. The average molecular weight is 276 g/mol. The van der Waals surface area contributed by atoms with Gasteiger partial charge in [0, 0.05) is 0 Å². The Morgan fingerprint density at radius 3 is 2.32 bits per heavy atom. The summed E-state index contributed by atoms with van der Waals surface area (Å²) in [5.41, 5.74) is -0.843. The number of carbonyl (C=O) groups is 2. The molecule has 0 saturated heterocycles. The molecule has 1 aromatic carbocycles. The van der Waals surface area contributed by atoms with Gasteiger partial charge < -0.3 is 9.84 Å². The number of hydrogen-bond donors (Lipinski definition) is 1. The number of ether oxygens (including phenoxy) is 1. The number of halogens is 3. The lowest BCUT2D eigenvalue weighted by Crippen LogP contribution is -2.24. The van der Waals surface area contributed by atoms with Gasteiger partial charge in [0.05, 0.1) is 12.7 Å². The summed E-state index contributed by atoms with van der Waals surface area (Å²) < 4.78 is 44.5. The molecule has 0 aliphatic heterocycles. The lowest BCUT2D eigenvalue weighted by molar-refractivity contribution is -0.140. The second-order valence-corrected chi connectivity index (χ2v) is 3.73. The SMILES string of the molecule is CCC(C(=O)O)C(=O)c1cc(F)c(F)c(OC)c1F. The monoisotopic (exact) mass is 276 g/mol. The third-order valence-corrected chi connectivity index (χ3v) is 2.61. The number of hydrogen-bond acceptors (Lipinski definition) is 3. The molecule has 0 heterocycles. The summed E-state index contributed by atoms with van der Waals surface area (Å²) in [6, 6.07) is 0.334. The largest absolute Gasteiger partial charge is 0.491 e. The Bertz CT molecular complexity index is 528. The van der Waals surface area contributed by atoms with Crippen molar-refractivity contribution in [3.05, 3.63) is 29.1 Å². The average Bonchev–Trinajstić information content (AvgIpc) is 2.34. The number of ketones is 1. The smallest absolute Gasteiger partial charge is 0.314 e. The van der Waals surface area contributed by atoms with E-state index in [9.17, 15) is 22.8 Å². The van der Waals surface area contributed by atoms with Crippen molar-refractivity contribution in [3.63, 3.8) is 0 Å². The summed E-state index contributed by atoms with van der Waals surface area (Å²) >= 11 is 0. The molecule has 104 valence electrons. The normalized spacial score (nSPS) is 12.1. The fraction of sp³-hybridized carbons (Fsp3) is 0.333. The molecule has 4 nitrogen and oxygen atoms in total. The maximum absolute atomic E-state index is 13.8. The third-order valence-electron chi connectivity index (χ3n) is 2.61. The van der Waals surface area contributed by atoms with Gasteiger partial charge in [-0.25, -0.2) is 8.78 Å². The van der Waals surface area contributed by atoms with Gasteiger partial charge in [-0.05, 0) is 12.5 Å². The number of benzene rings is 1. The minimum atomic E-state index is -1.57. The van der Waals surface area contributed by atoms with Crippen LogP contribution in [-0.4, -0.2) is 24.0 Å². The molecule has 0 radical (unpaired) electrons. The van der Waals surface area contributed by atoms with Crippen LogP contribution in [0.25, 0.3) is 0 Å². The van der Waals surface area contributed by atoms with E-state index in [2.05, 4.69) is 4.74 Å². The van der Waals surface area contributed by atoms with Crippen LogP contribution in [0.2, 0.25) is 0 Å². The summed E-state index contributed by atoms with van der Waals surface area (Å²) in [6.07, 6.45) is -0.102. The molecule has 1 aromatic rings. The van der Waals surface area contributed by atoms with E-state index in [1.807, 2.05) is 0 Å². The highest BCUT2D eigenvalue weighted by Crippen LogP contribution is 2.28. The summed E-state index contributed by atoms with van der Waals surface area (Å²) in [7, 11) is 0.906. The van der Waals surface area contributed by atoms with E-state index in [-0.39, 0.29) is 6.42 Å². The van der Waals surface area contributed by atoms with Gasteiger partial charge >= 0.3 is 5.97 Å². The Morgan fingerprint density at radius 2 is 1.89 bits per heavy atom. The van der Waals surface area contributed by atoms with E-state index < -0.39 is 46.4 Å². The number of Topliss-reactive ketones (excluding diaryl/α,β-unsaturated/α-hetero) is 1. The molecule has 0 aliphatic rings. The first-order valence-electron chi connectivity index (χ1n) is 5.33. The Kier molecular flexibility index (Phi) is 4.52. The maximum atomic E-state index is 13.8. The van der Waals surface area contributed by atoms with Crippen LogP contribution in [0.1, 0.15) is 23.7 Å². The highest BCUT2D eigenvalue weighted by atomic mass is 19.2. The topological polar surface area (TPSA) is 63.6 Å². The first-order chi connectivity index (χ1) is 8.84. The molecule has 1 atom stereocenters. The number of carboxylic acid groups (broad SMARTS) is 1. The van der Waals surface area contributed by atoms with Crippen LogP contribution < -0.4 is 4.74 Å². The van der Waals surface area contributed by atoms with Gasteiger partial charge in [0.1, 0.15) is 5.92 Å². The first-order valence-corrected chi connectivity index (χ1v) is 5.33. The quantitative estimate of drug-likeness (QED) is 0.509. The predicted octanol–water partition coefficient (Wildman–Crippen LogP) is 2.41. The molecule has 0 spiro atoms. The van der Waals surface area contributed by atoms with E-state index in [1.165, 1.54) is 6.92 Å². The number of carbonyl (C=O) groups excluding carboxylic acids is 1. The van der Waals surface area contributed by atoms with Crippen LogP contribution in [0.5, 0.6) is 5.75 Å². The van der Waals surface area contributed by atoms with Crippen molar-refractivity contribution >= 4 is 11.8 Å². The zero-order valence-electron chi connectivity index (χ0n) is 10.2. The van der Waals surface area contributed by atoms with Gasteiger partial charge in [0.2, 0.25) is 5.82 Å². The fourth-order valence-corrected chi connectivity index (χ4v) is 1.60. The van der Waals surface area contributed by atoms with Gasteiger partial charge in [-0.3, -0.25) is 9.59 Å². The minimum absolute atomic E-state index is 0.102. The van der Waals surface area contributed by atoms with E-state index in [0.29, 0.717) is 6.07 Å². The molecule has 0 fully saturated rings. The highest BCUT2D eigenvalue weighted by Gasteiger charge is 2.31. The number of methoxy groups -OCH3 is 1. The van der Waals surface area contributed by atoms with Crippen LogP contribution in [-0.2, 0) is 4.79 Å². The van der Waals surface area contributed by atoms with Crippen LogP contribution >= 0.6 is 0 Å². The summed E-state index contributed by atoms with van der Waals surface area (Å²) in [5.74, 6) is -9.64. The molecule has 0 saturated carbocycles. The lowest BCUT2D eigenvalue weighted by atomic mass is 9.94. The molecule has 1 unspecified atom stereocenters. The van der Waals surface area contributed by atoms with Crippen molar-refractivity contribution in [3.8, 4) is 5.75 Å². The highest BCUT2D eigenvalue weighted by molar-refractivity contribution is 6.08. The van der Waals surface area contributed by atoms with Crippen molar-refractivity contribution in [2.75, 3.05) is 7.11 Å². The van der Waals surface area contributed by atoms with Crippen molar-refractivity contribution in [2.24, 2.45) is 5.92 Å². The molecule has 0 amide bonds. The molecule has 19 heavy (non-hydrogen) atoms. The Balaban J connectivity index is 3.39. The van der Waals surface area contributed by atoms with E-state index in [4.69, 9.17) is 5.11 Å². The molecule has 1 N–H and O–H groups in total. The van der Waals surface area contributed by atoms with E-state index >= 15 is 0 Å². The van der Waals surface area contributed by atoms with Crippen LogP contribution in [0.15, 0.2) is 6.07 Å². The summed E-state index contributed by atoms with van der Waals surface area (Å²) in [4.78, 5) is 22.6. The summed E-state index contributed by atoms with van der Waals surface area (Å²) in [5, 5.41) is 8.80. The van der Waals surface area contributed by atoms with Gasteiger partial charge in [-0.1, -0.05) is 6.92 Å². The van der Waals surface area contributed by atoms with Gasteiger partial charge in [-0.15, -0.1) is 0 Å². The number of carboxylic acids is 1. The van der Waals surface area contributed by atoms with Crippen molar-refractivity contribution in [1.29, 1.82) is 0 Å². The standard InChI is InChI=1S/C12H11F3O4/c1-3-5(12(17)18)10(16)6-4-7(13)9(15)11(19-2)8(6)14/h4-5H,3H2,1-2H3,(H,17,18). The molecule has 0 bridgehead atoms. The van der Waals surface area contributed by atoms with Crippen molar-refractivity contribution < 1.29 is 32.6 Å². The lowest BCUT2D eigenvalue weighted by Gasteiger charge is -2.12. The van der Waals surface area contributed by atoms with Crippen LogP contribution in [0.3, 0.4) is 0 Å². The zero-order chi connectivity index (χ0) is 14.7. The Labute approximate surface area is 106 Å². The maximum Gasteiger partial charge on any atom is 0.314 e. The van der Waals surface area contributed by atoms with Gasteiger partial charge in [-0.2, -0.15) is 4.39 Å². The van der Waals surface area contributed by atoms with Gasteiger partial charge in [0.25, 0.3) is 0 Å². The molecule has 0 aliphatic carbocycles. The molecule has 1 rings (SSSR count). The molecular weight excluding hydrogens is 265 g/mol.